The van der Waals surface area contributed by atoms with E-state index in [1.54, 1.807) is 80.6 Å². The Hall–Kier alpha value is -4.99. The standard InChI is InChI=1S/C34H37NO9/c1-4-7-21-43-31(38)28-16-12-11-15-27(28)30(37)35-26-19-17-24(18-20-26)22-29(36)44-23-34(32(39)41-5-2,33(40)42-6-3)25-13-9-8-10-14-25/h8-20H,4-7,21-23H2,1-3H3,(H,35,37). The molecular formula is C34H37NO9. The van der Waals surface area contributed by atoms with Gasteiger partial charge >= 0.3 is 23.9 Å². The molecule has 3 aromatic carbocycles. The van der Waals surface area contributed by atoms with Gasteiger partial charge in [-0.1, -0.05) is 67.9 Å². The summed E-state index contributed by atoms with van der Waals surface area (Å²) >= 11 is 0. The number of esters is 4. The van der Waals surface area contributed by atoms with Crippen molar-refractivity contribution in [2.24, 2.45) is 0 Å². The summed E-state index contributed by atoms with van der Waals surface area (Å²) in [5.74, 6) is -3.51. The van der Waals surface area contributed by atoms with Crippen LogP contribution in [0.3, 0.4) is 0 Å². The maximum Gasteiger partial charge on any atom is 0.338 e. The van der Waals surface area contributed by atoms with Gasteiger partial charge in [0.15, 0.2) is 0 Å². The molecule has 3 rings (SSSR count). The fourth-order valence-corrected chi connectivity index (χ4v) is 4.31. The van der Waals surface area contributed by atoms with Crippen molar-refractivity contribution in [3.8, 4) is 0 Å². The molecule has 1 amide bonds. The lowest BCUT2D eigenvalue weighted by Gasteiger charge is -2.29. The number of hydrogen-bond donors (Lipinski definition) is 1. The van der Waals surface area contributed by atoms with Gasteiger partial charge in [0.2, 0.25) is 5.41 Å². The van der Waals surface area contributed by atoms with Gasteiger partial charge in [-0.15, -0.1) is 0 Å². The van der Waals surface area contributed by atoms with E-state index in [9.17, 15) is 24.0 Å². The zero-order chi connectivity index (χ0) is 32.0. The van der Waals surface area contributed by atoms with Crippen molar-refractivity contribution in [1.29, 1.82) is 0 Å². The lowest BCUT2D eigenvalue weighted by Crippen LogP contribution is -2.50. The Balaban J connectivity index is 1.69. The third kappa shape index (κ3) is 8.53. The van der Waals surface area contributed by atoms with Gasteiger partial charge in [0, 0.05) is 5.69 Å². The smallest absolute Gasteiger partial charge is 0.338 e. The number of benzene rings is 3. The van der Waals surface area contributed by atoms with Gasteiger partial charge in [-0.3, -0.25) is 19.2 Å². The fraction of sp³-hybridized carbons (Fsp3) is 0.324. The molecule has 0 atom stereocenters. The quantitative estimate of drug-likeness (QED) is 0.110. The lowest BCUT2D eigenvalue weighted by atomic mass is 9.81. The van der Waals surface area contributed by atoms with Crippen LogP contribution in [0.5, 0.6) is 0 Å². The van der Waals surface area contributed by atoms with Crippen molar-refractivity contribution < 1.29 is 42.9 Å². The zero-order valence-electron chi connectivity index (χ0n) is 25.1. The van der Waals surface area contributed by atoms with Gasteiger partial charge in [-0.25, -0.2) is 4.79 Å². The van der Waals surface area contributed by atoms with Gasteiger partial charge in [0.25, 0.3) is 5.91 Å². The Labute approximate surface area is 256 Å². The number of rotatable bonds is 15. The molecule has 44 heavy (non-hydrogen) atoms. The molecule has 0 aliphatic rings. The largest absolute Gasteiger partial charge is 0.465 e. The number of ether oxygens (including phenoxy) is 4. The van der Waals surface area contributed by atoms with Crippen LogP contribution >= 0.6 is 0 Å². The van der Waals surface area contributed by atoms with Crippen molar-refractivity contribution >= 4 is 35.5 Å². The molecule has 232 valence electrons. The third-order valence-electron chi connectivity index (χ3n) is 6.65. The minimum absolute atomic E-state index is 0.0122. The molecule has 0 unspecified atom stereocenters. The Morgan fingerprint density at radius 2 is 1.27 bits per heavy atom. The molecule has 10 nitrogen and oxygen atoms in total. The maximum atomic E-state index is 13.1. The number of nitrogens with one attached hydrogen (secondary N) is 1. The molecule has 0 spiro atoms. The summed E-state index contributed by atoms with van der Waals surface area (Å²) < 4.78 is 21.1. The van der Waals surface area contributed by atoms with Crippen LogP contribution in [0, 0.1) is 0 Å². The molecule has 0 bridgehead atoms. The fourth-order valence-electron chi connectivity index (χ4n) is 4.31. The van der Waals surface area contributed by atoms with Crippen LogP contribution in [0.15, 0.2) is 78.9 Å². The molecule has 3 aromatic rings. The van der Waals surface area contributed by atoms with Crippen molar-refractivity contribution in [3.05, 3.63) is 101 Å². The Morgan fingerprint density at radius 1 is 0.682 bits per heavy atom. The minimum Gasteiger partial charge on any atom is -0.465 e. The second kappa shape index (κ2) is 16.6. The van der Waals surface area contributed by atoms with E-state index >= 15 is 0 Å². The molecule has 0 fully saturated rings. The first-order valence-electron chi connectivity index (χ1n) is 14.5. The van der Waals surface area contributed by atoms with E-state index in [0.717, 1.165) is 12.8 Å². The monoisotopic (exact) mass is 603 g/mol. The van der Waals surface area contributed by atoms with Gasteiger partial charge in [0.1, 0.15) is 6.61 Å². The Kier molecular flexibility index (Phi) is 12.6. The van der Waals surface area contributed by atoms with Crippen LogP contribution in [-0.4, -0.2) is 56.2 Å². The summed E-state index contributed by atoms with van der Waals surface area (Å²) in [5.41, 5.74) is -0.375. The zero-order valence-corrected chi connectivity index (χ0v) is 25.1. The van der Waals surface area contributed by atoms with Crippen LogP contribution in [0.25, 0.3) is 0 Å². The molecule has 0 heterocycles. The highest BCUT2D eigenvalue weighted by Crippen LogP contribution is 2.29. The first kappa shape index (κ1) is 33.5. The molecule has 0 aliphatic heterocycles. The van der Waals surface area contributed by atoms with Crippen LogP contribution < -0.4 is 5.32 Å². The topological polar surface area (TPSA) is 134 Å². The van der Waals surface area contributed by atoms with Gasteiger partial charge in [-0.05, 0) is 55.7 Å². The molecule has 1 N–H and O–H groups in total. The van der Waals surface area contributed by atoms with E-state index < -0.39 is 41.8 Å². The summed E-state index contributed by atoms with van der Waals surface area (Å²) in [4.78, 5) is 64.5. The average Bonchev–Trinajstić information content (AvgIpc) is 3.03. The van der Waals surface area contributed by atoms with E-state index in [4.69, 9.17) is 18.9 Å². The normalized spacial score (nSPS) is 10.8. The predicted octanol–water partition coefficient (Wildman–Crippen LogP) is 5.05. The molecule has 10 heteroatoms. The van der Waals surface area contributed by atoms with Crippen LogP contribution in [0.2, 0.25) is 0 Å². The highest BCUT2D eigenvalue weighted by atomic mass is 16.6. The first-order chi connectivity index (χ1) is 21.3. The van der Waals surface area contributed by atoms with Crippen molar-refractivity contribution in [2.45, 2.75) is 45.4 Å². The van der Waals surface area contributed by atoms with E-state index in [-0.39, 0.29) is 42.9 Å². The van der Waals surface area contributed by atoms with Crippen molar-refractivity contribution in [1.82, 2.24) is 0 Å². The number of amides is 1. The number of carbonyl (C=O) groups excluding carboxylic acids is 5. The summed E-state index contributed by atoms with van der Waals surface area (Å²) in [6, 6.07) is 21.0. The summed E-state index contributed by atoms with van der Waals surface area (Å²) in [6.07, 6.45) is 1.43. The second-order valence-electron chi connectivity index (χ2n) is 9.74. The summed E-state index contributed by atoms with van der Waals surface area (Å²) in [6.45, 7) is 4.89. The molecule has 0 radical (unpaired) electrons. The Bertz CT molecular complexity index is 1420. The number of carbonyl (C=O) groups is 5. The third-order valence-corrected chi connectivity index (χ3v) is 6.65. The predicted molar refractivity (Wildman–Crippen MR) is 162 cm³/mol. The number of hydrogen-bond acceptors (Lipinski definition) is 9. The lowest BCUT2D eigenvalue weighted by molar-refractivity contribution is -0.170. The van der Waals surface area contributed by atoms with E-state index in [1.807, 2.05) is 6.92 Å². The summed E-state index contributed by atoms with van der Waals surface area (Å²) in [5, 5.41) is 2.75. The maximum absolute atomic E-state index is 13.1. The van der Waals surface area contributed by atoms with Crippen LogP contribution in [0.1, 0.15) is 65.5 Å². The van der Waals surface area contributed by atoms with Crippen molar-refractivity contribution in [3.63, 3.8) is 0 Å². The number of anilines is 1. The highest BCUT2D eigenvalue weighted by molar-refractivity contribution is 6.11. The molecular weight excluding hydrogens is 566 g/mol. The van der Waals surface area contributed by atoms with Crippen LogP contribution in [-0.2, 0) is 45.2 Å². The van der Waals surface area contributed by atoms with E-state index in [2.05, 4.69) is 5.32 Å². The minimum atomic E-state index is -1.99. The number of unbranched alkanes of at least 4 members (excludes halogenated alkanes) is 1. The molecule has 0 saturated heterocycles. The highest BCUT2D eigenvalue weighted by Gasteiger charge is 2.52. The Morgan fingerprint density at radius 3 is 1.86 bits per heavy atom. The SMILES string of the molecule is CCCCOC(=O)c1ccccc1C(=O)Nc1ccc(CC(=O)OCC(C(=O)OCC)(C(=O)OCC)c2ccccc2)cc1. The van der Waals surface area contributed by atoms with Crippen molar-refractivity contribution in [2.75, 3.05) is 31.7 Å². The summed E-state index contributed by atoms with van der Waals surface area (Å²) in [7, 11) is 0. The van der Waals surface area contributed by atoms with Gasteiger partial charge in [0.05, 0.1) is 37.4 Å². The van der Waals surface area contributed by atoms with Gasteiger partial charge < -0.3 is 24.3 Å². The molecule has 0 aliphatic carbocycles. The molecule has 0 aromatic heterocycles. The van der Waals surface area contributed by atoms with Crippen LogP contribution in [0.4, 0.5) is 5.69 Å². The second-order valence-corrected chi connectivity index (χ2v) is 9.74. The van der Waals surface area contributed by atoms with Gasteiger partial charge in [-0.2, -0.15) is 0 Å². The first-order valence-corrected chi connectivity index (χ1v) is 14.5. The van der Waals surface area contributed by atoms with E-state index in [1.165, 1.54) is 12.1 Å². The molecule has 0 saturated carbocycles. The van der Waals surface area contributed by atoms with E-state index in [0.29, 0.717) is 11.3 Å². The average molecular weight is 604 g/mol.